The molecule has 99 heavy (non-hydrogen) atoms. The number of methoxy groups -OCH3 is 3. The third-order valence-corrected chi connectivity index (χ3v) is 23.6. The van der Waals surface area contributed by atoms with E-state index in [0.29, 0.717) is 120 Å². The highest BCUT2D eigenvalue weighted by Crippen LogP contribution is 2.47. The predicted octanol–water partition coefficient (Wildman–Crippen LogP) is 16.7. The van der Waals surface area contributed by atoms with Gasteiger partial charge in [-0.3, -0.25) is 0 Å². The topological polar surface area (TPSA) is 274 Å². The van der Waals surface area contributed by atoms with Gasteiger partial charge in [0.15, 0.2) is 29.5 Å². The second-order valence-corrected chi connectivity index (χ2v) is 31.2. The number of sulfone groups is 3. The number of benzene rings is 9. The first kappa shape index (κ1) is 75.2. The standard InChI is InChI=1S/2C24H22Cl2N2O4S.C23H20Cl2N2O3S.CH2O/c2*1-3-33(30,31)15-10-8-14(9-11-15)17(13-29)24-27-19-12-18(25)21(22(26)23(19)28-24)16-6-4-5-7-20(16)32-2;1-3-31(28,29)15-10-8-14(9-11-15)12-20-26-18-13-17(24)21(22(25)23(18)27-20)16-6-4-5-7-19(16)30-2;1-2/h2*4-12,17,29H,3,13H2,1-2H3,(H,27,28);4-11,13H,3,12H2,1-2H3,(H,26,27);1H2. The summed E-state index contributed by atoms with van der Waals surface area (Å²) in [4.78, 5) is 32.5. The summed E-state index contributed by atoms with van der Waals surface area (Å²) in [6, 6.07) is 47.4. The number of aliphatic hydroxyl groups excluding tert-OH is 2. The van der Waals surface area contributed by atoms with Gasteiger partial charge in [0, 0.05) is 39.8 Å². The summed E-state index contributed by atoms with van der Waals surface area (Å²) < 4.78 is 88.8. The molecule has 0 amide bonds. The summed E-state index contributed by atoms with van der Waals surface area (Å²) in [7, 11) is -5.08. The number of aromatic nitrogens is 6. The van der Waals surface area contributed by atoms with Crippen LogP contribution in [0.2, 0.25) is 30.1 Å². The number of carbonyl (C=O) groups is 1. The zero-order valence-corrected chi connectivity index (χ0v) is 61.0. The first-order valence-corrected chi connectivity index (χ1v) is 37.7. The van der Waals surface area contributed by atoms with Crippen LogP contribution in [0.25, 0.3) is 66.5 Å². The van der Waals surface area contributed by atoms with E-state index in [1.807, 2.05) is 79.6 Å². The van der Waals surface area contributed by atoms with Gasteiger partial charge in [0.25, 0.3) is 0 Å². The molecule has 12 rings (SSSR count). The van der Waals surface area contributed by atoms with Crippen LogP contribution >= 0.6 is 69.6 Å². The molecule has 0 aliphatic carbocycles. The van der Waals surface area contributed by atoms with Crippen molar-refractivity contribution in [3.05, 3.63) is 228 Å². The van der Waals surface area contributed by atoms with Crippen LogP contribution in [-0.4, -0.2) is 124 Å². The molecule has 0 aliphatic heterocycles. The molecule has 2 unspecified atom stereocenters. The molecular formula is C72H66Cl6N6O12S3. The van der Waals surface area contributed by atoms with Crippen molar-refractivity contribution in [1.82, 2.24) is 29.9 Å². The zero-order chi connectivity index (χ0) is 71.7. The minimum Gasteiger partial charge on any atom is -0.496 e. The van der Waals surface area contributed by atoms with Crippen LogP contribution in [0.5, 0.6) is 17.2 Å². The number of nitrogens with one attached hydrogen (secondary N) is 3. The Morgan fingerprint density at radius 2 is 0.717 bits per heavy atom. The summed E-state index contributed by atoms with van der Waals surface area (Å²) in [6.45, 7) is 6.37. The summed E-state index contributed by atoms with van der Waals surface area (Å²) >= 11 is 40.0. The number of nitrogens with zero attached hydrogens (tertiary/aromatic N) is 3. The van der Waals surface area contributed by atoms with Crippen LogP contribution in [0.1, 0.15) is 66.8 Å². The Kier molecular flexibility index (Phi) is 24.7. The maximum absolute atomic E-state index is 12.1. The molecule has 3 aromatic heterocycles. The molecule has 12 aromatic rings. The van der Waals surface area contributed by atoms with Crippen molar-refractivity contribution < 1.29 is 54.5 Å². The highest BCUT2D eigenvalue weighted by atomic mass is 35.5. The first-order valence-electron chi connectivity index (χ1n) is 30.4. The molecule has 27 heteroatoms. The molecule has 9 aromatic carbocycles. The Morgan fingerprint density at radius 3 is 1.02 bits per heavy atom. The number of aromatic amines is 3. The molecule has 3 heterocycles. The lowest BCUT2D eigenvalue weighted by molar-refractivity contribution is -0.0980. The van der Waals surface area contributed by atoms with Crippen molar-refractivity contribution in [3.63, 3.8) is 0 Å². The van der Waals surface area contributed by atoms with Gasteiger partial charge >= 0.3 is 0 Å². The van der Waals surface area contributed by atoms with E-state index in [1.54, 1.807) is 133 Å². The van der Waals surface area contributed by atoms with Crippen LogP contribution in [0.4, 0.5) is 0 Å². The summed E-state index contributed by atoms with van der Waals surface area (Å²) in [6.07, 6.45) is 0.499. The quantitative estimate of drug-likeness (QED) is 0.0474. The fourth-order valence-electron chi connectivity index (χ4n) is 11.1. The number of para-hydroxylation sites is 3. The molecule has 0 bridgehead atoms. The van der Waals surface area contributed by atoms with E-state index < -0.39 is 41.3 Å². The number of ether oxygens (including phenoxy) is 3. The summed E-state index contributed by atoms with van der Waals surface area (Å²) in [5.41, 5.74) is 10.2. The predicted molar refractivity (Wildman–Crippen MR) is 395 cm³/mol. The largest absolute Gasteiger partial charge is 0.496 e. The van der Waals surface area contributed by atoms with E-state index in [4.69, 9.17) is 88.6 Å². The normalized spacial score (nSPS) is 12.2. The van der Waals surface area contributed by atoms with Crippen molar-refractivity contribution in [2.24, 2.45) is 0 Å². The van der Waals surface area contributed by atoms with Gasteiger partial charge in [-0.1, -0.05) is 181 Å². The fraction of sp³-hybridized carbons (Fsp3) is 0.194. The van der Waals surface area contributed by atoms with Crippen molar-refractivity contribution in [3.8, 4) is 50.6 Å². The number of hydrogen-bond donors (Lipinski definition) is 5. The first-order chi connectivity index (χ1) is 47.4. The Balaban J connectivity index is 0.000000171. The Bertz CT molecular complexity index is 5030. The molecule has 0 saturated heterocycles. The fourth-order valence-corrected chi connectivity index (χ4v) is 15.8. The number of imidazole rings is 3. The van der Waals surface area contributed by atoms with Crippen LogP contribution in [0, 0.1) is 0 Å². The van der Waals surface area contributed by atoms with E-state index in [1.165, 1.54) is 0 Å². The highest BCUT2D eigenvalue weighted by Gasteiger charge is 2.27. The molecule has 0 fully saturated rings. The minimum absolute atomic E-state index is 0.0210. The van der Waals surface area contributed by atoms with Crippen molar-refractivity contribution in [1.29, 1.82) is 0 Å². The van der Waals surface area contributed by atoms with Gasteiger partial charge < -0.3 is 44.2 Å². The molecule has 0 aliphatic rings. The SMILES string of the molecule is C=O.CCS(=O)(=O)c1ccc(C(CO)c2nc3c(Cl)c(-c4ccccc4OC)c(Cl)cc3[nH]2)cc1.CCS(=O)(=O)c1ccc(C(CO)c2nc3c(Cl)c(-c4ccccc4OC)c(Cl)cc3[nH]2)cc1.CCS(=O)(=O)c1ccc(Cc2nc3c(Cl)c(-c4ccccc4OC)c(Cl)cc3[nH]2)cc1. The number of fused-ring (bicyclic) bond motifs is 3. The number of hydrogen-bond acceptors (Lipinski definition) is 15. The third kappa shape index (κ3) is 16.1. The highest BCUT2D eigenvalue weighted by molar-refractivity contribution is 7.92. The van der Waals surface area contributed by atoms with E-state index in [2.05, 4.69) is 29.9 Å². The average Bonchev–Trinajstić information content (AvgIpc) is 1.69. The maximum atomic E-state index is 12.1. The summed E-state index contributed by atoms with van der Waals surface area (Å²) in [5.74, 6) is 2.74. The monoisotopic (exact) mass is 1510 g/mol. The Labute approximate surface area is 602 Å². The molecular weight excluding hydrogens is 1450 g/mol. The van der Waals surface area contributed by atoms with Crippen LogP contribution in [0.15, 0.2) is 178 Å². The second-order valence-electron chi connectivity index (χ2n) is 22.0. The van der Waals surface area contributed by atoms with Crippen LogP contribution < -0.4 is 14.2 Å². The Morgan fingerprint density at radius 1 is 0.424 bits per heavy atom. The van der Waals surface area contributed by atoms with E-state index in [9.17, 15) is 35.5 Å². The lowest BCUT2D eigenvalue weighted by Gasteiger charge is -2.12. The van der Waals surface area contributed by atoms with E-state index in [-0.39, 0.29) is 40.3 Å². The number of aliphatic hydroxyl groups is 2. The minimum atomic E-state index is -3.31. The molecule has 0 saturated carbocycles. The van der Waals surface area contributed by atoms with Crippen LogP contribution in [0.3, 0.4) is 0 Å². The van der Waals surface area contributed by atoms with Gasteiger partial charge in [0.2, 0.25) is 0 Å². The zero-order valence-electron chi connectivity index (χ0n) is 54.0. The summed E-state index contributed by atoms with van der Waals surface area (Å²) in [5, 5.41) is 22.7. The second kappa shape index (κ2) is 32.5. The van der Waals surface area contributed by atoms with Crippen LogP contribution in [-0.2, 0) is 40.7 Å². The van der Waals surface area contributed by atoms with E-state index in [0.717, 1.165) is 38.9 Å². The van der Waals surface area contributed by atoms with Gasteiger partial charge in [0.05, 0.1) is 125 Å². The smallest absolute Gasteiger partial charge is 0.178 e. The number of carbonyl (C=O) groups excluding carboxylic acids is 1. The van der Waals surface area contributed by atoms with Gasteiger partial charge in [-0.25, -0.2) is 40.2 Å². The molecule has 2 atom stereocenters. The number of halogens is 6. The maximum Gasteiger partial charge on any atom is 0.178 e. The van der Waals surface area contributed by atoms with E-state index >= 15 is 0 Å². The van der Waals surface area contributed by atoms with Gasteiger partial charge in [-0.05, 0) is 89.5 Å². The van der Waals surface area contributed by atoms with Crippen molar-refractivity contribution >= 4 is 139 Å². The third-order valence-electron chi connectivity index (χ3n) is 16.3. The molecule has 516 valence electrons. The van der Waals surface area contributed by atoms with Gasteiger partial charge in [-0.2, -0.15) is 0 Å². The molecule has 0 radical (unpaired) electrons. The Hall–Kier alpha value is -8.03. The lowest BCUT2D eigenvalue weighted by Crippen LogP contribution is -2.09. The van der Waals surface area contributed by atoms with Gasteiger partial charge in [-0.15, -0.1) is 0 Å². The number of H-pyrrole nitrogens is 3. The number of rotatable bonds is 20. The lowest BCUT2D eigenvalue weighted by atomic mass is 9.99. The molecule has 5 N–H and O–H groups in total. The molecule has 18 nitrogen and oxygen atoms in total. The average molecular weight is 1520 g/mol. The van der Waals surface area contributed by atoms with Gasteiger partial charge in [0.1, 0.15) is 58.1 Å². The van der Waals surface area contributed by atoms with Crippen molar-refractivity contribution in [2.75, 3.05) is 51.8 Å². The molecule has 0 spiro atoms. The van der Waals surface area contributed by atoms with Crippen molar-refractivity contribution in [2.45, 2.75) is 53.7 Å².